The third kappa shape index (κ3) is 1.80. The minimum Gasteiger partial charge on any atom is -0.397 e. The van der Waals surface area contributed by atoms with Crippen LogP contribution in [0.5, 0.6) is 0 Å². The predicted octanol–water partition coefficient (Wildman–Crippen LogP) is 0.889. The summed E-state index contributed by atoms with van der Waals surface area (Å²) in [6, 6.07) is 2.35. The molecule has 0 aromatic carbocycles. The third-order valence-corrected chi connectivity index (χ3v) is 2.44. The molecule has 2 heterocycles. The molecular weight excluding hydrogens is 178 g/mol. The molecule has 1 aliphatic rings. The quantitative estimate of drug-likeness (QED) is 0.719. The van der Waals surface area contributed by atoms with Gasteiger partial charge in [0.25, 0.3) is 0 Å². The van der Waals surface area contributed by atoms with E-state index in [1.807, 2.05) is 12.3 Å². The number of morpholine rings is 1. The van der Waals surface area contributed by atoms with Gasteiger partial charge in [0.1, 0.15) is 0 Å². The number of anilines is 2. The van der Waals surface area contributed by atoms with E-state index in [1.165, 1.54) is 0 Å². The highest BCUT2D eigenvalue weighted by atomic mass is 16.5. The van der Waals surface area contributed by atoms with E-state index in [4.69, 9.17) is 10.5 Å². The van der Waals surface area contributed by atoms with E-state index in [0.717, 1.165) is 25.4 Å². The van der Waals surface area contributed by atoms with Crippen LogP contribution in [0.3, 0.4) is 0 Å². The molecule has 0 saturated carbocycles. The van der Waals surface area contributed by atoms with Crippen molar-refractivity contribution >= 4 is 11.4 Å². The van der Waals surface area contributed by atoms with Crippen molar-refractivity contribution in [2.45, 2.75) is 13.0 Å². The molecule has 0 amide bonds. The predicted molar refractivity (Wildman–Crippen MR) is 56.3 cm³/mol. The van der Waals surface area contributed by atoms with Crippen LogP contribution in [0.25, 0.3) is 0 Å². The fourth-order valence-electron chi connectivity index (χ4n) is 1.71. The molecule has 1 fully saturated rings. The average molecular weight is 193 g/mol. The van der Waals surface area contributed by atoms with E-state index in [1.54, 1.807) is 6.20 Å². The summed E-state index contributed by atoms with van der Waals surface area (Å²) in [5.41, 5.74) is 7.48. The average Bonchev–Trinajstić information content (AvgIpc) is 2.18. The molecule has 0 radical (unpaired) electrons. The van der Waals surface area contributed by atoms with Crippen LogP contribution in [0.2, 0.25) is 0 Å². The first-order valence-electron chi connectivity index (χ1n) is 4.82. The second-order valence-corrected chi connectivity index (χ2v) is 3.59. The molecule has 76 valence electrons. The summed E-state index contributed by atoms with van der Waals surface area (Å²) < 4.78 is 5.37. The third-order valence-electron chi connectivity index (χ3n) is 2.44. The zero-order valence-corrected chi connectivity index (χ0v) is 8.31. The molecule has 4 nitrogen and oxygen atoms in total. The lowest BCUT2D eigenvalue weighted by molar-refractivity contribution is 0.0989. The number of hydrogen-bond acceptors (Lipinski definition) is 4. The van der Waals surface area contributed by atoms with Crippen LogP contribution < -0.4 is 10.6 Å². The van der Waals surface area contributed by atoms with Gasteiger partial charge in [-0.2, -0.15) is 0 Å². The van der Waals surface area contributed by atoms with E-state index in [0.29, 0.717) is 11.7 Å². The molecule has 14 heavy (non-hydrogen) atoms. The Kier molecular flexibility index (Phi) is 2.54. The van der Waals surface area contributed by atoms with Gasteiger partial charge in [0, 0.05) is 18.8 Å². The van der Waals surface area contributed by atoms with Gasteiger partial charge in [-0.15, -0.1) is 0 Å². The molecule has 1 aliphatic heterocycles. The van der Waals surface area contributed by atoms with Crippen molar-refractivity contribution in [3.8, 4) is 0 Å². The highest BCUT2D eigenvalue weighted by Gasteiger charge is 2.19. The fraction of sp³-hybridized carbons (Fsp3) is 0.500. The summed E-state index contributed by atoms with van der Waals surface area (Å²) >= 11 is 0. The SMILES string of the molecule is CC1COCCN1c1cncc(N)c1. The topological polar surface area (TPSA) is 51.4 Å². The summed E-state index contributed by atoms with van der Waals surface area (Å²) in [6.07, 6.45) is 3.51. The minimum atomic E-state index is 0.396. The maximum absolute atomic E-state index is 5.69. The van der Waals surface area contributed by atoms with Gasteiger partial charge in [0.2, 0.25) is 0 Å². The van der Waals surface area contributed by atoms with Crippen molar-refractivity contribution in [3.63, 3.8) is 0 Å². The zero-order chi connectivity index (χ0) is 9.97. The van der Waals surface area contributed by atoms with Gasteiger partial charge in [-0.05, 0) is 13.0 Å². The van der Waals surface area contributed by atoms with Gasteiger partial charge >= 0.3 is 0 Å². The van der Waals surface area contributed by atoms with Crippen LogP contribution in [0, 0.1) is 0 Å². The smallest absolute Gasteiger partial charge is 0.0668 e. The van der Waals surface area contributed by atoms with Gasteiger partial charge in [-0.3, -0.25) is 4.98 Å². The lowest BCUT2D eigenvalue weighted by Crippen LogP contribution is -2.43. The maximum Gasteiger partial charge on any atom is 0.0668 e. The number of nitrogens with two attached hydrogens (primary N) is 1. The number of aromatic nitrogens is 1. The molecular formula is C10H15N3O. The Morgan fingerprint density at radius 3 is 3.14 bits per heavy atom. The number of nitrogens with zero attached hydrogens (tertiary/aromatic N) is 2. The largest absolute Gasteiger partial charge is 0.397 e. The van der Waals surface area contributed by atoms with Crippen molar-refractivity contribution in [1.82, 2.24) is 4.98 Å². The lowest BCUT2D eigenvalue weighted by atomic mass is 10.2. The minimum absolute atomic E-state index is 0.396. The van der Waals surface area contributed by atoms with Crippen LogP contribution in [-0.2, 0) is 4.74 Å². The van der Waals surface area contributed by atoms with Crippen molar-refractivity contribution in [2.24, 2.45) is 0 Å². The Bertz CT molecular complexity index is 316. The zero-order valence-electron chi connectivity index (χ0n) is 8.31. The number of pyridine rings is 1. The first-order valence-corrected chi connectivity index (χ1v) is 4.82. The van der Waals surface area contributed by atoms with E-state index in [2.05, 4.69) is 16.8 Å². The van der Waals surface area contributed by atoms with Gasteiger partial charge in [0.15, 0.2) is 0 Å². The molecule has 1 aromatic heterocycles. The van der Waals surface area contributed by atoms with Crippen LogP contribution in [0.15, 0.2) is 18.5 Å². The molecule has 0 spiro atoms. The molecule has 1 saturated heterocycles. The summed E-state index contributed by atoms with van der Waals surface area (Å²) in [5.74, 6) is 0. The van der Waals surface area contributed by atoms with Crippen molar-refractivity contribution in [3.05, 3.63) is 18.5 Å². The molecule has 2 rings (SSSR count). The Balaban J connectivity index is 2.20. The molecule has 1 atom stereocenters. The summed E-state index contributed by atoms with van der Waals surface area (Å²) in [5, 5.41) is 0. The van der Waals surface area contributed by atoms with E-state index in [-0.39, 0.29) is 0 Å². The standard InChI is InChI=1S/C10H15N3O/c1-8-7-14-3-2-13(8)10-4-9(11)5-12-6-10/h4-6,8H,2-3,7,11H2,1H3. The second kappa shape index (κ2) is 3.84. The summed E-state index contributed by atoms with van der Waals surface area (Å²) in [4.78, 5) is 6.36. The van der Waals surface area contributed by atoms with E-state index in [9.17, 15) is 0 Å². The number of ether oxygens (including phenoxy) is 1. The number of hydrogen-bond donors (Lipinski definition) is 1. The Morgan fingerprint density at radius 1 is 1.57 bits per heavy atom. The van der Waals surface area contributed by atoms with E-state index < -0.39 is 0 Å². The number of rotatable bonds is 1. The Labute approximate surface area is 83.7 Å². The molecule has 1 aromatic rings. The van der Waals surface area contributed by atoms with Crippen molar-refractivity contribution < 1.29 is 4.74 Å². The Morgan fingerprint density at radius 2 is 2.43 bits per heavy atom. The molecule has 0 aliphatic carbocycles. The highest BCUT2D eigenvalue weighted by molar-refractivity contribution is 5.54. The number of nitrogen functional groups attached to an aromatic ring is 1. The fourth-order valence-corrected chi connectivity index (χ4v) is 1.71. The molecule has 2 N–H and O–H groups in total. The summed E-state index contributed by atoms with van der Waals surface area (Å²) in [6.45, 7) is 4.60. The lowest BCUT2D eigenvalue weighted by Gasteiger charge is -2.35. The molecule has 4 heteroatoms. The maximum atomic E-state index is 5.69. The summed E-state index contributed by atoms with van der Waals surface area (Å²) in [7, 11) is 0. The van der Waals surface area contributed by atoms with Gasteiger partial charge in [-0.1, -0.05) is 0 Å². The van der Waals surface area contributed by atoms with Gasteiger partial charge in [-0.25, -0.2) is 0 Å². The van der Waals surface area contributed by atoms with Gasteiger partial charge < -0.3 is 15.4 Å². The first-order chi connectivity index (χ1) is 6.77. The monoisotopic (exact) mass is 193 g/mol. The van der Waals surface area contributed by atoms with Gasteiger partial charge in [0.05, 0.1) is 30.8 Å². The van der Waals surface area contributed by atoms with Crippen molar-refractivity contribution in [1.29, 1.82) is 0 Å². The van der Waals surface area contributed by atoms with Crippen LogP contribution in [-0.4, -0.2) is 30.8 Å². The molecule has 0 bridgehead atoms. The molecule has 1 unspecified atom stereocenters. The van der Waals surface area contributed by atoms with Crippen LogP contribution >= 0.6 is 0 Å². The van der Waals surface area contributed by atoms with Crippen LogP contribution in [0.1, 0.15) is 6.92 Å². The first kappa shape index (κ1) is 9.27. The second-order valence-electron chi connectivity index (χ2n) is 3.59. The normalized spacial score (nSPS) is 22.4. The Hall–Kier alpha value is -1.29. The van der Waals surface area contributed by atoms with Crippen LogP contribution in [0.4, 0.5) is 11.4 Å². The van der Waals surface area contributed by atoms with Crippen molar-refractivity contribution in [2.75, 3.05) is 30.4 Å². The van der Waals surface area contributed by atoms with E-state index >= 15 is 0 Å². The highest BCUT2D eigenvalue weighted by Crippen LogP contribution is 2.20.